The third-order valence-electron chi connectivity index (χ3n) is 4.85. The molecule has 0 heterocycles. The number of aryl methyl sites for hydroxylation is 1. The van der Waals surface area contributed by atoms with Crippen molar-refractivity contribution >= 4 is 5.91 Å². The predicted octanol–water partition coefficient (Wildman–Crippen LogP) is 4.40. The van der Waals surface area contributed by atoms with Crippen molar-refractivity contribution in [2.24, 2.45) is 0 Å². The molecule has 1 aliphatic carbocycles. The highest BCUT2D eigenvalue weighted by atomic mass is 16.3. The molecule has 3 N–H and O–H groups in total. The lowest BCUT2D eigenvalue weighted by Gasteiger charge is -2.24. The molecule has 4 nitrogen and oxygen atoms in total. The maximum Gasteiger partial charge on any atom is 0.255 e. The number of rotatable bonds is 6. The van der Waals surface area contributed by atoms with E-state index in [1.807, 2.05) is 0 Å². The Balaban J connectivity index is 2.49. The molecule has 1 aromatic carbocycles. The maximum atomic E-state index is 12.3. The van der Waals surface area contributed by atoms with Crippen LogP contribution in [0.25, 0.3) is 0 Å². The summed E-state index contributed by atoms with van der Waals surface area (Å²) in [6, 6.07) is 1.67. The summed E-state index contributed by atoms with van der Waals surface area (Å²) in [5.41, 5.74) is 2.79. The van der Waals surface area contributed by atoms with E-state index in [1.165, 1.54) is 5.57 Å². The summed E-state index contributed by atoms with van der Waals surface area (Å²) in [4.78, 5) is 12.3. The molecule has 0 fully saturated rings. The van der Waals surface area contributed by atoms with Gasteiger partial charge in [-0.15, -0.1) is 0 Å². The van der Waals surface area contributed by atoms with Crippen molar-refractivity contribution in [1.29, 1.82) is 0 Å². The van der Waals surface area contributed by atoms with Crippen molar-refractivity contribution in [1.82, 2.24) is 5.32 Å². The zero-order chi connectivity index (χ0) is 17.7. The lowest BCUT2D eigenvalue weighted by atomic mass is 9.83. The molecule has 0 saturated carbocycles. The molecule has 0 spiro atoms. The molecular weight excluding hydrogens is 302 g/mol. The topological polar surface area (TPSA) is 69.6 Å². The molecule has 1 aliphatic rings. The number of hydrogen-bond acceptors (Lipinski definition) is 3. The van der Waals surface area contributed by atoms with Crippen LogP contribution < -0.4 is 5.32 Å². The number of carbonyl (C=O) groups is 1. The molecule has 1 atom stereocenters. The van der Waals surface area contributed by atoms with Gasteiger partial charge in [0.05, 0.1) is 5.56 Å². The van der Waals surface area contributed by atoms with E-state index in [-0.39, 0.29) is 23.3 Å². The molecule has 4 heteroatoms. The second-order valence-electron chi connectivity index (χ2n) is 6.74. The number of amides is 1. The van der Waals surface area contributed by atoms with Gasteiger partial charge in [0.2, 0.25) is 0 Å². The number of aromatic hydroxyl groups is 2. The second-order valence-corrected chi connectivity index (χ2v) is 6.74. The lowest BCUT2D eigenvalue weighted by molar-refractivity contribution is 0.0959. The Morgan fingerprint density at radius 1 is 1.33 bits per heavy atom. The SMILES string of the molecule is CCCCCc1cc(O)c(C2C=C(C)CCC2)c(O)c1C(=O)NC. The molecule has 1 unspecified atom stereocenters. The van der Waals surface area contributed by atoms with E-state index in [4.69, 9.17) is 0 Å². The lowest BCUT2D eigenvalue weighted by Crippen LogP contribution is -2.21. The van der Waals surface area contributed by atoms with Crippen molar-refractivity contribution < 1.29 is 15.0 Å². The molecule has 1 aromatic rings. The van der Waals surface area contributed by atoms with Gasteiger partial charge in [-0.25, -0.2) is 0 Å². The first-order chi connectivity index (χ1) is 11.5. The molecule has 132 valence electrons. The Bertz CT molecular complexity index is 634. The highest BCUT2D eigenvalue weighted by Crippen LogP contribution is 2.43. The molecule has 0 aliphatic heterocycles. The van der Waals surface area contributed by atoms with E-state index in [9.17, 15) is 15.0 Å². The summed E-state index contributed by atoms with van der Waals surface area (Å²) in [6.07, 6.45) is 8.80. The summed E-state index contributed by atoms with van der Waals surface area (Å²) in [5, 5.41) is 23.9. The fourth-order valence-corrected chi connectivity index (χ4v) is 3.57. The Hall–Kier alpha value is -1.97. The van der Waals surface area contributed by atoms with Gasteiger partial charge in [-0.2, -0.15) is 0 Å². The van der Waals surface area contributed by atoms with Gasteiger partial charge in [0.25, 0.3) is 5.91 Å². The summed E-state index contributed by atoms with van der Waals surface area (Å²) >= 11 is 0. The van der Waals surface area contributed by atoms with E-state index in [1.54, 1.807) is 13.1 Å². The molecule has 2 rings (SSSR count). The predicted molar refractivity (Wildman–Crippen MR) is 96.7 cm³/mol. The van der Waals surface area contributed by atoms with Crippen LogP contribution in [0.4, 0.5) is 0 Å². The molecular formula is C20H29NO3. The summed E-state index contributed by atoms with van der Waals surface area (Å²) in [6.45, 7) is 4.19. The zero-order valence-electron chi connectivity index (χ0n) is 15.0. The van der Waals surface area contributed by atoms with Crippen molar-refractivity contribution in [3.05, 3.63) is 34.4 Å². The Morgan fingerprint density at radius 3 is 2.71 bits per heavy atom. The molecule has 1 amide bonds. The van der Waals surface area contributed by atoms with Crippen LogP contribution in [0, 0.1) is 0 Å². The highest BCUT2D eigenvalue weighted by Gasteiger charge is 2.27. The fraction of sp³-hybridized carbons (Fsp3) is 0.550. The average Bonchev–Trinajstić information content (AvgIpc) is 2.54. The van der Waals surface area contributed by atoms with E-state index in [2.05, 4.69) is 25.2 Å². The quantitative estimate of drug-likeness (QED) is 0.534. The van der Waals surface area contributed by atoms with Gasteiger partial charge in [-0.05, 0) is 50.7 Å². The summed E-state index contributed by atoms with van der Waals surface area (Å²) in [5.74, 6) is -0.289. The van der Waals surface area contributed by atoms with E-state index in [0.29, 0.717) is 17.5 Å². The average molecular weight is 331 g/mol. The summed E-state index contributed by atoms with van der Waals surface area (Å²) in [7, 11) is 1.56. The number of allylic oxidation sites excluding steroid dienone is 2. The number of phenols is 2. The smallest absolute Gasteiger partial charge is 0.255 e. The Morgan fingerprint density at radius 2 is 2.08 bits per heavy atom. The van der Waals surface area contributed by atoms with Gasteiger partial charge in [-0.1, -0.05) is 31.4 Å². The molecule has 0 aromatic heterocycles. The Kier molecular flexibility index (Phi) is 6.29. The van der Waals surface area contributed by atoms with Crippen molar-refractivity contribution in [3.63, 3.8) is 0 Å². The number of unbranched alkanes of at least 4 members (excludes halogenated alkanes) is 2. The monoisotopic (exact) mass is 331 g/mol. The van der Waals surface area contributed by atoms with E-state index < -0.39 is 0 Å². The minimum Gasteiger partial charge on any atom is -0.507 e. The fourth-order valence-electron chi connectivity index (χ4n) is 3.57. The number of hydrogen-bond donors (Lipinski definition) is 3. The van der Waals surface area contributed by atoms with Crippen LogP contribution in [0.1, 0.15) is 79.8 Å². The summed E-state index contributed by atoms with van der Waals surface area (Å²) < 4.78 is 0. The number of phenolic OH excluding ortho intramolecular Hbond substituents is 2. The van der Waals surface area contributed by atoms with Crippen LogP contribution in [0.2, 0.25) is 0 Å². The van der Waals surface area contributed by atoms with Crippen molar-refractivity contribution in [2.45, 2.75) is 64.7 Å². The standard InChI is InChI=1S/C20H29NO3/c1-4-5-6-9-15-12-16(22)17(14-10-7-8-13(2)11-14)19(23)18(15)20(24)21-3/h11-12,14,22-23H,4-10H2,1-3H3,(H,21,24). The van der Waals surface area contributed by atoms with E-state index >= 15 is 0 Å². The zero-order valence-corrected chi connectivity index (χ0v) is 15.0. The Labute approximate surface area is 144 Å². The van der Waals surface area contributed by atoms with Crippen LogP contribution in [-0.4, -0.2) is 23.2 Å². The molecule has 0 radical (unpaired) electrons. The van der Waals surface area contributed by atoms with Crippen LogP contribution in [0.15, 0.2) is 17.7 Å². The first-order valence-corrected chi connectivity index (χ1v) is 8.96. The second kappa shape index (κ2) is 8.22. The van der Waals surface area contributed by atoms with Gasteiger partial charge < -0.3 is 15.5 Å². The largest absolute Gasteiger partial charge is 0.507 e. The van der Waals surface area contributed by atoms with E-state index in [0.717, 1.165) is 44.1 Å². The van der Waals surface area contributed by atoms with Crippen LogP contribution in [0.5, 0.6) is 11.5 Å². The minimum atomic E-state index is -0.295. The van der Waals surface area contributed by atoms with Crippen molar-refractivity contribution in [2.75, 3.05) is 7.05 Å². The number of nitrogens with one attached hydrogen (secondary N) is 1. The van der Waals surface area contributed by atoms with Crippen LogP contribution in [-0.2, 0) is 6.42 Å². The van der Waals surface area contributed by atoms with Gasteiger partial charge in [0, 0.05) is 18.5 Å². The number of benzene rings is 1. The normalized spacial score (nSPS) is 17.5. The van der Waals surface area contributed by atoms with Crippen LogP contribution in [0.3, 0.4) is 0 Å². The minimum absolute atomic E-state index is 0.0353. The first-order valence-electron chi connectivity index (χ1n) is 8.96. The third-order valence-corrected chi connectivity index (χ3v) is 4.85. The molecule has 0 saturated heterocycles. The van der Waals surface area contributed by atoms with Gasteiger partial charge in [-0.3, -0.25) is 4.79 Å². The molecule has 24 heavy (non-hydrogen) atoms. The third kappa shape index (κ3) is 3.92. The number of carbonyl (C=O) groups excluding carboxylic acids is 1. The van der Waals surface area contributed by atoms with Crippen LogP contribution >= 0.6 is 0 Å². The maximum absolute atomic E-state index is 12.3. The van der Waals surface area contributed by atoms with Gasteiger partial charge in [0.1, 0.15) is 11.5 Å². The molecule has 0 bridgehead atoms. The van der Waals surface area contributed by atoms with Gasteiger partial charge in [0.15, 0.2) is 0 Å². The van der Waals surface area contributed by atoms with Crippen molar-refractivity contribution in [3.8, 4) is 11.5 Å². The van der Waals surface area contributed by atoms with Gasteiger partial charge >= 0.3 is 0 Å². The highest BCUT2D eigenvalue weighted by molar-refractivity contribution is 5.99. The first kappa shape index (κ1) is 18.4.